The first-order valence-corrected chi connectivity index (χ1v) is 6.32. The number of ether oxygens (including phenoxy) is 2. The SMILES string of the molecule is C=C1CCCO[C@H]2CCO[C@@]12CI. The zero-order valence-electron chi connectivity index (χ0n) is 7.72. The fourth-order valence-electron chi connectivity index (χ4n) is 2.16. The van der Waals surface area contributed by atoms with Crippen molar-refractivity contribution in [2.45, 2.75) is 31.0 Å². The molecular formula is C10H15IO2. The Balaban J connectivity index is 2.26. The second-order valence-corrected chi connectivity index (χ2v) is 4.49. The van der Waals surface area contributed by atoms with E-state index < -0.39 is 0 Å². The number of hydrogen-bond donors (Lipinski definition) is 0. The van der Waals surface area contributed by atoms with Crippen LogP contribution in [0.2, 0.25) is 0 Å². The maximum atomic E-state index is 5.85. The van der Waals surface area contributed by atoms with Gasteiger partial charge in [-0.3, -0.25) is 0 Å². The summed E-state index contributed by atoms with van der Waals surface area (Å²) in [6.07, 6.45) is 3.44. The van der Waals surface area contributed by atoms with Crippen molar-refractivity contribution in [1.29, 1.82) is 0 Å². The summed E-state index contributed by atoms with van der Waals surface area (Å²) >= 11 is 2.38. The molecule has 2 atom stereocenters. The van der Waals surface area contributed by atoms with Gasteiger partial charge in [-0.25, -0.2) is 0 Å². The van der Waals surface area contributed by atoms with E-state index in [2.05, 4.69) is 29.2 Å². The van der Waals surface area contributed by atoms with Gasteiger partial charge in [-0.1, -0.05) is 29.2 Å². The molecule has 0 aromatic rings. The molecule has 13 heavy (non-hydrogen) atoms. The lowest BCUT2D eigenvalue weighted by molar-refractivity contribution is -0.0373. The maximum Gasteiger partial charge on any atom is 0.124 e. The molecule has 2 saturated heterocycles. The van der Waals surface area contributed by atoms with E-state index in [9.17, 15) is 0 Å². The van der Waals surface area contributed by atoms with Gasteiger partial charge >= 0.3 is 0 Å². The van der Waals surface area contributed by atoms with Crippen LogP contribution in [0.5, 0.6) is 0 Å². The molecule has 0 radical (unpaired) electrons. The molecule has 2 aliphatic rings. The maximum absolute atomic E-state index is 5.85. The number of fused-ring (bicyclic) bond motifs is 1. The zero-order chi connectivity index (χ0) is 9.31. The monoisotopic (exact) mass is 294 g/mol. The third-order valence-corrected chi connectivity index (χ3v) is 4.13. The average Bonchev–Trinajstić information content (AvgIpc) is 2.50. The van der Waals surface area contributed by atoms with Gasteiger partial charge in [0, 0.05) is 17.5 Å². The van der Waals surface area contributed by atoms with E-state index in [1.807, 2.05) is 0 Å². The first kappa shape index (κ1) is 9.93. The molecule has 0 amide bonds. The molecule has 2 heterocycles. The van der Waals surface area contributed by atoms with E-state index >= 15 is 0 Å². The van der Waals surface area contributed by atoms with Crippen LogP contribution in [0.1, 0.15) is 19.3 Å². The summed E-state index contributed by atoms with van der Waals surface area (Å²) in [5, 5.41) is 0. The molecule has 0 spiro atoms. The van der Waals surface area contributed by atoms with Crippen LogP contribution in [-0.4, -0.2) is 29.3 Å². The number of alkyl halides is 1. The Morgan fingerprint density at radius 1 is 1.54 bits per heavy atom. The summed E-state index contributed by atoms with van der Waals surface area (Å²) in [6.45, 7) is 5.84. The lowest BCUT2D eigenvalue weighted by Crippen LogP contribution is -2.43. The van der Waals surface area contributed by atoms with Crippen molar-refractivity contribution in [3.05, 3.63) is 12.2 Å². The molecule has 0 aliphatic carbocycles. The predicted molar refractivity (Wildman–Crippen MR) is 60.3 cm³/mol. The van der Waals surface area contributed by atoms with Crippen molar-refractivity contribution >= 4 is 22.6 Å². The van der Waals surface area contributed by atoms with Gasteiger partial charge in [0.2, 0.25) is 0 Å². The van der Waals surface area contributed by atoms with Crippen molar-refractivity contribution in [2.24, 2.45) is 0 Å². The first-order valence-electron chi connectivity index (χ1n) is 4.79. The Labute approximate surface area is 92.8 Å². The summed E-state index contributed by atoms with van der Waals surface area (Å²) in [6, 6.07) is 0. The predicted octanol–water partition coefficient (Wildman–Crippen LogP) is 2.32. The summed E-state index contributed by atoms with van der Waals surface area (Å²) < 4.78 is 12.6. The molecule has 2 nitrogen and oxygen atoms in total. The highest BCUT2D eigenvalue weighted by Crippen LogP contribution is 2.40. The standard InChI is InChI=1S/C10H15IO2/c1-8-3-2-5-12-9-4-6-13-10(8,9)7-11/h9H,1-7H2/t9-,10-/m0/s1. The van der Waals surface area contributed by atoms with Crippen LogP contribution < -0.4 is 0 Å². The lowest BCUT2D eigenvalue weighted by Gasteiger charge is -2.32. The van der Waals surface area contributed by atoms with Gasteiger partial charge in [-0.2, -0.15) is 0 Å². The minimum Gasteiger partial charge on any atom is -0.375 e. The topological polar surface area (TPSA) is 18.5 Å². The van der Waals surface area contributed by atoms with Gasteiger partial charge in [0.15, 0.2) is 0 Å². The van der Waals surface area contributed by atoms with Crippen LogP contribution in [0, 0.1) is 0 Å². The first-order chi connectivity index (χ1) is 6.29. The van der Waals surface area contributed by atoms with E-state index in [1.54, 1.807) is 0 Å². The van der Waals surface area contributed by atoms with Gasteiger partial charge < -0.3 is 9.47 Å². The quantitative estimate of drug-likeness (QED) is 0.420. The smallest absolute Gasteiger partial charge is 0.124 e. The second-order valence-electron chi connectivity index (χ2n) is 3.73. The Morgan fingerprint density at radius 3 is 3.15 bits per heavy atom. The fraction of sp³-hybridized carbons (Fsp3) is 0.800. The molecule has 2 fully saturated rings. The third-order valence-electron chi connectivity index (χ3n) is 3.00. The highest BCUT2D eigenvalue weighted by Gasteiger charge is 2.47. The molecule has 0 bridgehead atoms. The van der Waals surface area contributed by atoms with E-state index in [0.717, 1.165) is 36.9 Å². The van der Waals surface area contributed by atoms with E-state index in [1.165, 1.54) is 5.57 Å². The summed E-state index contributed by atoms with van der Waals surface area (Å²) in [7, 11) is 0. The van der Waals surface area contributed by atoms with Gasteiger partial charge in [0.05, 0.1) is 12.7 Å². The molecule has 0 aromatic carbocycles. The van der Waals surface area contributed by atoms with E-state index in [-0.39, 0.29) is 11.7 Å². The van der Waals surface area contributed by atoms with Crippen molar-refractivity contribution in [3.8, 4) is 0 Å². The second kappa shape index (κ2) is 3.87. The van der Waals surface area contributed by atoms with E-state index in [4.69, 9.17) is 9.47 Å². The Bertz CT molecular complexity index is 217. The summed E-state index contributed by atoms with van der Waals surface area (Å²) in [4.78, 5) is 0. The van der Waals surface area contributed by atoms with Crippen molar-refractivity contribution in [1.82, 2.24) is 0 Å². The van der Waals surface area contributed by atoms with Crippen LogP contribution >= 0.6 is 22.6 Å². The van der Waals surface area contributed by atoms with Crippen LogP contribution in [0.25, 0.3) is 0 Å². The molecule has 74 valence electrons. The molecule has 0 saturated carbocycles. The van der Waals surface area contributed by atoms with Crippen LogP contribution in [0.15, 0.2) is 12.2 Å². The lowest BCUT2D eigenvalue weighted by atomic mass is 9.89. The average molecular weight is 294 g/mol. The minimum absolute atomic E-state index is 0.156. The van der Waals surface area contributed by atoms with Gasteiger partial charge in [0.25, 0.3) is 0 Å². The van der Waals surface area contributed by atoms with Crippen molar-refractivity contribution in [2.75, 3.05) is 17.6 Å². The van der Waals surface area contributed by atoms with Gasteiger partial charge in [-0.05, 0) is 18.4 Å². The van der Waals surface area contributed by atoms with Crippen LogP contribution in [0.3, 0.4) is 0 Å². The Hall–Kier alpha value is 0.390. The summed E-state index contributed by atoms with van der Waals surface area (Å²) in [5.41, 5.74) is 1.08. The molecule has 3 heteroatoms. The van der Waals surface area contributed by atoms with Crippen LogP contribution in [0.4, 0.5) is 0 Å². The minimum atomic E-state index is -0.156. The molecule has 0 unspecified atom stereocenters. The number of halogens is 1. The number of rotatable bonds is 1. The van der Waals surface area contributed by atoms with Crippen molar-refractivity contribution < 1.29 is 9.47 Å². The molecule has 2 rings (SSSR count). The largest absolute Gasteiger partial charge is 0.375 e. The normalized spacial score (nSPS) is 40.1. The molecule has 2 aliphatic heterocycles. The highest BCUT2D eigenvalue weighted by atomic mass is 127. The molecular weight excluding hydrogens is 279 g/mol. The van der Waals surface area contributed by atoms with Gasteiger partial charge in [-0.15, -0.1) is 0 Å². The van der Waals surface area contributed by atoms with Crippen LogP contribution in [-0.2, 0) is 9.47 Å². The summed E-state index contributed by atoms with van der Waals surface area (Å²) in [5.74, 6) is 0. The highest BCUT2D eigenvalue weighted by molar-refractivity contribution is 14.1. The fourth-order valence-corrected chi connectivity index (χ4v) is 3.41. The Morgan fingerprint density at radius 2 is 2.38 bits per heavy atom. The number of hydrogen-bond acceptors (Lipinski definition) is 2. The molecule has 0 aromatic heterocycles. The molecule has 0 N–H and O–H groups in total. The zero-order valence-corrected chi connectivity index (χ0v) is 9.88. The van der Waals surface area contributed by atoms with Gasteiger partial charge in [0.1, 0.15) is 5.60 Å². The Kier molecular flexibility index (Phi) is 2.95. The van der Waals surface area contributed by atoms with Crippen molar-refractivity contribution in [3.63, 3.8) is 0 Å². The third kappa shape index (κ3) is 1.55. The van der Waals surface area contributed by atoms with E-state index in [0.29, 0.717) is 0 Å².